The van der Waals surface area contributed by atoms with Gasteiger partial charge >= 0.3 is 5.97 Å². The second-order valence-corrected chi connectivity index (χ2v) is 3.73. The molecule has 1 rings (SSSR count). The highest BCUT2D eigenvalue weighted by atomic mass is 35.5. The summed E-state index contributed by atoms with van der Waals surface area (Å²) in [4.78, 5) is 11.3. The Kier molecular flexibility index (Phi) is 5.98. The summed E-state index contributed by atoms with van der Waals surface area (Å²) < 4.78 is 4.98. The third-order valence-electron chi connectivity index (χ3n) is 1.84. The first kappa shape index (κ1) is 13.1. The molecule has 2 nitrogen and oxygen atoms in total. The summed E-state index contributed by atoms with van der Waals surface area (Å²) in [6.45, 7) is 0. The number of hydrogen-bond donors (Lipinski definition) is 0. The standard InChI is InChI=1S/C12H12Cl2O2/c13-8-11(9-14)16-12(15)7-6-10-4-2-1-3-5-10/h1-7,11H,8-9H2/b7-6+. The van der Waals surface area contributed by atoms with Gasteiger partial charge in [0, 0.05) is 6.08 Å². The fraction of sp³-hybridized carbons (Fsp3) is 0.250. The maximum Gasteiger partial charge on any atom is 0.331 e. The topological polar surface area (TPSA) is 26.3 Å². The van der Waals surface area contributed by atoms with Crippen LogP contribution in [0.25, 0.3) is 6.08 Å². The quantitative estimate of drug-likeness (QED) is 0.461. The molecule has 0 aromatic heterocycles. The van der Waals surface area contributed by atoms with Crippen molar-refractivity contribution in [2.24, 2.45) is 0 Å². The Labute approximate surface area is 105 Å². The highest BCUT2D eigenvalue weighted by Gasteiger charge is 2.09. The Morgan fingerprint density at radius 2 is 1.88 bits per heavy atom. The predicted molar refractivity (Wildman–Crippen MR) is 66.8 cm³/mol. The van der Waals surface area contributed by atoms with Crippen molar-refractivity contribution in [3.63, 3.8) is 0 Å². The van der Waals surface area contributed by atoms with E-state index in [0.29, 0.717) is 0 Å². The van der Waals surface area contributed by atoms with Gasteiger partial charge < -0.3 is 4.74 Å². The average molecular weight is 259 g/mol. The lowest BCUT2D eigenvalue weighted by Crippen LogP contribution is -2.19. The Bertz CT molecular complexity index is 345. The van der Waals surface area contributed by atoms with Crippen molar-refractivity contribution < 1.29 is 9.53 Å². The van der Waals surface area contributed by atoms with Gasteiger partial charge in [-0.3, -0.25) is 0 Å². The molecule has 0 saturated carbocycles. The van der Waals surface area contributed by atoms with Crippen LogP contribution in [0.3, 0.4) is 0 Å². The van der Waals surface area contributed by atoms with Gasteiger partial charge in [-0.05, 0) is 11.6 Å². The third kappa shape index (κ3) is 4.69. The summed E-state index contributed by atoms with van der Waals surface area (Å²) >= 11 is 11.1. The van der Waals surface area contributed by atoms with E-state index >= 15 is 0 Å². The van der Waals surface area contributed by atoms with Crippen LogP contribution in [-0.2, 0) is 9.53 Å². The molecule has 0 bridgehead atoms. The van der Waals surface area contributed by atoms with E-state index in [1.807, 2.05) is 30.3 Å². The van der Waals surface area contributed by atoms with E-state index in [-0.39, 0.29) is 11.8 Å². The molecule has 0 amide bonds. The molecule has 1 aromatic rings. The molecule has 1 aromatic carbocycles. The molecule has 0 unspecified atom stereocenters. The van der Waals surface area contributed by atoms with Gasteiger partial charge in [0.25, 0.3) is 0 Å². The minimum absolute atomic E-state index is 0.203. The number of ether oxygens (including phenoxy) is 1. The van der Waals surface area contributed by atoms with Crippen molar-refractivity contribution in [2.75, 3.05) is 11.8 Å². The van der Waals surface area contributed by atoms with Gasteiger partial charge in [-0.2, -0.15) is 0 Å². The normalized spacial score (nSPS) is 10.9. The van der Waals surface area contributed by atoms with Crippen molar-refractivity contribution in [3.05, 3.63) is 42.0 Å². The van der Waals surface area contributed by atoms with E-state index in [9.17, 15) is 4.79 Å². The van der Waals surface area contributed by atoms with Crippen LogP contribution in [0.1, 0.15) is 5.56 Å². The molecular weight excluding hydrogens is 247 g/mol. The lowest BCUT2D eigenvalue weighted by molar-refractivity contribution is -0.140. The van der Waals surface area contributed by atoms with Gasteiger partial charge in [0.05, 0.1) is 11.8 Å². The fourth-order valence-corrected chi connectivity index (χ4v) is 1.49. The van der Waals surface area contributed by atoms with Crippen LogP contribution in [0.5, 0.6) is 0 Å². The summed E-state index contributed by atoms with van der Waals surface area (Å²) in [7, 11) is 0. The number of alkyl halides is 2. The predicted octanol–water partition coefficient (Wildman–Crippen LogP) is 3.09. The highest BCUT2D eigenvalue weighted by Crippen LogP contribution is 2.03. The number of esters is 1. The molecular formula is C12H12Cl2O2. The minimum Gasteiger partial charge on any atom is -0.457 e. The highest BCUT2D eigenvalue weighted by molar-refractivity contribution is 6.21. The molecule has 0 saturated heterocycles. The third-order valence-corrected chi connectivity index (χ3v) is 2.53. The number of halogens is 2. The first-order valence-corrected chi connectivity index (χ1v) is 5.89. The zero-order chi connectivity index (χ0) is 11.8. The molecule has 0 heterocycles. The van der Waals surface area contributed by atoms with Crippen LogP contribution in [-0.4, -0.2) is 23.8 Å². The Balaban J connectivity index is 2.48. The molecule has 0 atom stereocenters. The second kappa shape index (κ2) is 7.31. The van der Waals surface area contributed by atoms with Crippen molar-refractivity contribution in [2.45, 2.75) is 6.10 Å². The first-order valence-electron chi connectivity index (χ1n) is 4.82. The molecule has 0 aliphatic carbocycles. The van der Waals surface area contributed by atoms with E-state index in [4.69, 9.17) is 27.9 Å². The monoisotopic (exact) mass is 258 g/mol. The first-order chi connectivity index (χ1) is 7.76. The van der Waals surface area contributed by atoms with E-state index in [1.165, 1.54) is 6.08 Å². The maximum atomic E-state index is 11.3. The van der Waals surface area contributed by atoms with Crippen LogP contribution in [0.15, 0.2) is 36.4 Å². The number of carbonyl (C=O) groups excluding carboxylic acids is 1. The molecule has 0 aliphatic heterocycles. The summed E-state index contributed by atoms with van der Waals surface area (Å²) in [5.74, 6) is -0.0295. The van der Waals surface area contributed by atoms with Gasteiger partial charge in [-0.25, -0.2) is 4.79 Å². The smallest absolute Gasteiger partial charge is 0.331 e. The molecule has 0 spiro atoms. The van der Waals surface area contributed by atoms with Crippen molar-refractivity contribution >= 4 is 35.2 Å². The van der Waals surface area contributed by atoms with E-state index in [0.717, 1.165) is 5.56 Å². The summed E-state index contributed by atoms with van der Waals surface area (Å²) in [5, 5.41) is 0. The van der Waals surface area contributed by atoms with Crippen LogP contribution in [0, 0.1) is 0 Å². The zero-order valence-electron chi connectivity index (χ0n) is 8.61. The van der Waals surface area contributed by atoms with Crippen LogP contribution >= 0.6 is 23.2 Å². The van der Waals surface area contributed by atoms with Crippen LogP contribution in [0.4, 0.5) is 0 Å². The second-order valence-electron chi connectivity index (χ2n) is 3.11. The number of rotatable bonds is 5. The van der Waals surface area contributed by atoms with Crippen molar-refractivity contribution in [3.8, 4) is 0 Å². The lowest BCUT2D eigenvalue weighted by Gasteiger charge is -2.09. The van der Waals surface area contributed by atoms with Gasteiger partial charge in [-0.15, -0.1) is 23.2 Å². The number of hydrogen-bond acceptors (Lipinski definition) is 2. The average Bonchev–Trinajstić information content (AvgIpc) is 2.34. The Hall–Kier alpha value is -0.990. The summed E-state index contributed by atoms with van der Waals surface area (Å²) in [6, 6.07) is 9.48. The van der Waals surface area contributed by atoms with E-state index < -0.39 is 12.1 Å². The summed E-state index contributed by atoms with van der Waals surface area (Å²) in [6.07, 6.45) is 2.61. The molecule has 0 fully saturated rings. The molecule has 0 N–H and O–H groups in total. The van der Waals surface area contributed by atoms with E-state index in [1.54, 1.807) is 6.08 Å². The number of benzene rings is 1. The van der Waals surface area contributed by atoms with Crippen LogP contribution in [0.2, 0.25) is 0 Å². The molecule has 0 aliphatic rings. The molecule has 4 heteroatoms. The fourth-order valence-electron chi connectivity index (χ4n) is 1.04. The molecule has 86 valence electrons. The van der Waals surface area contributed by atoms with Gasteiger partial charge in [0.15, 0.2) is 0 Å². The summed E-state index contributed by atoms with van der Waals surface area (Å²) in [5.41, 5.74) is 0.938. The molecule has 0 radical (unpaired) electrons. The SMILES string of the molecule is O=C(/C=C/c1ccccc1)OC(CCl)CCl. The molecule has 16 heavy (non-hydrogen) atoms. The van der Waals surface area contributed by atoms with Crippen molar-refractivity contribution in [1.82, 2.24) is 0 Å². The Morgan fingerprint density at radius 1 is 1.25 bits per heavy atom. The zero-order valence-corrected chi connectivity index (χ0v) is 10.1. The maximum absolute atomic E-state index is 11.3. The van der Waals surface area contributed by atoms with Crippen LogP contribution < -0.4 is 0 Å². The van der Waals surface area contributed by atoms with Crippen molar-refractivity contribution in [1.29, 1.82) is 0 Å². The number of carbonyl (C=O) groups is 1. The van der Waals surface area contributed by atoms with Gasteiger partial charge in [-0.1, -0.05) is 30.3 Å². The van der Waals surface area contributed by atoms with E-state index in [2.05, 4.69) is 0 Å². The largest absolute Gasteiger partial charge is 0.457 e. The lowest BCUT2D eigenvalue weighted by atomic mass is 10.2. The van der Waals surface area contributed by atoms with Gasteiger partial charge in [0.2, 0.25) is 0 Å². The Morgan fingerprint density at radius 3 is 2.44 bits per heavy atom. The van der Waals surface area contributed by atoms with Gasteiger partial charge in [0.1, 0.15) is 6.10 Å². The minimum atomic E-state index is -0.435.